The molecular weight excluding hydrogens is 378 g/mol. The molecule has 1 N–H and O–H groups in total. The molecule has 2 atom stereocenters. The van der Waals surface area contributed by atoms with Crippen LogP contribution in [0.3, 0.4) is 0 Å². The predicted octanol–water partition coefficient (Wildman–Crippen LogP) is 3.76. The van der Waals surface area contributed by atoms with Gasteiger partial charge in [-0.15, -0.1) is 0 Å². The van der Waals surface area contributed by atoms with Gasteiger partial charge in [-0.1, -0.05) is 61.9 Å². The lowest BCUT2D eigenvalue weighted by atomic mass is 9.81. The van der Waals surface area contributed by atoms with Gasteiger partial charge in [0.05, 0.1) is 7.11 Å². The number of hydrogen-bond donors (Lipinski definition) is 1. The second kappa shape index (κ2) is 9.20. The van der Waals surface area contributed by atoms with Crippen molar-refractivity contribution in [3.63, 3.8) is 0 Å². The number of likely N-dealkylation sites (N-methyl/N-ethyl adjacent to an activating group) is 1. The molecule has 1 fully saturated rings. The molecule has 3 amide bonds. The fraction of sp³-hybridized carbons (Fsp3) is 0.417. The van der Waals surface area contributed by atoms with Gasteiger partial charge >= 0.3 is 6.03 Å². The quantitative estimate of drug-likeness (QED) is 0.757. The predicted molar refractivity (Wildman–Crippen MR) is 117 cm³/mol. The standard InChI is InChI=1S/C24H31N3O3/c1-5-6-16-21-26(3)22(28)24(27(21)23(29)25-2,17-18-12-8-7-9-13-18)19-14-10-11-15-20(19)30-4/h7-15,21H,5-6,16-17H2,1-4H3,(H,25,29). The van der Waals surface area contributed by atoms with Crippen LogP contribution in [0.4, 0.5) is 4.79 Å². The van der Waals surface area contributed by atoms with Crippen LogP contribution in [0.25, 0.3) is 0 Å². The van der Waals surface area contributed by atoms with E-state index in [0.717, 1.165) is 24.8 Å². The van der Waals surface area contributed by atoms with Crippen LogP contribution in [-0.2, 0) is 16.8 Å². The van der Waals surface area contributed by atoms with E-state index in [9.17, 15) is 9.59 Å². The number of unbranched alkanes of at least 4 members (excludes halogenated alkanes) is 1. The number of nitrogens with zero attached hydrogens (tertiary/aromatic N) is 2. The fourth-order valence-corrected chi connectivity index (χ4v) is 4.47. The molecular formula is C24H31N3O3. The van der Waals surface area contributed by atoms with Crippen molar-refractivity contribution >= 4 is 11.9 Å². The minimum Gasteiger partial charge on any atom is -0.496 e. The minimum absolute atomic E-state index is 0.0967. The zero-order chi connectivity index (χ0) is 21.7. The molecule has 0 aromatic heterocycles. The number of amides is 3. The van der Waals surface area contributed by atoms with Gasteiger partial charge < -0.3 is 15.0 Å². The second-order valence-corrected chi connectivity index (χ2v) is 7.69. The summed E-state index contributed by atoms with van der Waals surface area (Å²) in [6.07, 6.45) is 2.67. The molecule has 0 saturated carbocycles. The van der Waals surface area contributed by atoms with Crippen molar-refractivity contribution in [2.24, 2.45) is 0 Å². The molecule has 0 spiro atoms. The molecule has 30 heavy (non-hydrogen) atoms. The molecule has 6 heteroatoms. The Hall–Kier alpha value is -3.02. The number of para-hydroxylation sites is 1. The van der Waals surface area contributed by atoms with Gasteiger partial charge in [0.25, 0.3) is 5.91 Å². The number of hydrogen-bond acceptors (Lipinski definition) is 3. The highest BCUT2D eigenvalue weighted by molar-refractivity contribution is 5.96. The Labute approximate surface area is 178 Å². The largest absolute Gasteiger partial charge is 0.496 e. The van der Waals surface area contributed by atoms with E-state index in [0.29, 0.717) is 17.7 Å². The van der Waals surface area contributed by atoms with Crippen molar-refractivity contribution in [1.82, 2.24) is 15.1 Å². The molecule has 0 radical (unpaired) electrons. The van der Waals surface area contributed by atoms with Gasteiger partial charge in [0.2, 0.25) is 0 Å². The van der Waals surface area contributed by atoms with E-state index in [1.165, 1.54) is 0 Å². The summed E-state index contributed by atoms with van der Waals surface area (Å²) < 4.78 is 5.65. The number of nitrogens with one attached hydrogen (secondary N) is 1. The Kier molecular flexibility index (Phi) is 6.65. The average Bonchev–Trinajstić information content (AvgIpc) is 2.99. The highest BCUT2D eigenvalue weighted by atomic mass is 16.5. The molecule has 6 nitrogen and oxygen atoms in total. The van der Waals surface area contributed by atoms with Crippen LogP contribution in [0.5, 0.6) is 5.75 Å². The second-order valence-electron chi connectivity index (χ2n) is 7.69. The summed E-state index contributed by atoms with van der Waals surface area (Å²) in [7, 11) is 5.00. The number of carbonyl (C=O) groups is 2. The Morgan fingerprint density at radius 1 is 1.13 bits per heavy atom. The monoisotopic (exact) mass is 409 g/mol. The smallest absolute Gasteiger partial charge is 0.319 e. The van der Waals surface area contributed by atoms with Crippen molar-refractivity contribution in [1.29, 1.82) is 0 Å². The van der Waals surface area contributed by atoms with Gasteiger partial charge in [0.15, 0.2) is 5.54 Å². The molecule has 2 aromatic carbocycles. The third-order valence-electron chi connectivity index (χ3n) is 5.93. The Morgan fingerprint density at radius 2 is 1.80 bits per heavy atom. The zero-order valence-electron chi connectivity index (χ0n) is 18.2. The summed E-state index contributed by atoms with van der Waals surface area (Å²) in [6.45, 7) is 2.11. The van der Waals surface area contributed by atoms with Gasteiger partial charge in [0.1, 0.15) is 11.9 Å². The SMILES string of the molecule is CCCCC1N(C)C(=O)C(Cc2ccccc2)(c2ccccc2OC)N1C(=O)NC. The van der Waals surface area contributed by atoms with Crippen LogP contribution in [-0.4, -0.2) is 49.1 Å². The van der Waals surface area contributed by atoms with E-state index in [1.54, 1.807) is 31.0 Å². The maximum Gasteiger partial charge on any atom is 0.319 e. The lowest BCUT2D eigenvalue weighted by Crippen LogP contribution is -2.55. The highest BCUT2D eigenvalue weighted by Gasteiger charge is 2.59. The fourth-order valence-electron chi connectivity index (χ4n) is 4.47. The summed E-state index contributed by atoms with van der Waals surface area (Å²) in [6, 6.07) is 17.1. The van der Waals surface area contributed by atoms with Crippen LogP contribution in [0, 0.1) is 0 Å². The molecule has 1 saturated heterocycles. The van der Waals surface area contributed by atoms with E-state index < -0.39 is 5.54 Å². The van der Waals surface area contributed by atoms with Crippen molar-refractivity contribution in [3.05, 3.63) is 65.7 Å². The van der Waals surface area contributed by atoms with Crippen LogP contribution in [0.2, 0.25) is 0 Å². The highest BCUT2D eigenvalue weighted by Crippen LogP contribution is 2.46. The summed E-state index contributed by atoms with van der Waals surface area (Å²) in [4.78, 5) is 30.7. The van der Waals surface area contributed by atoms with Crippen LogP contribution in [0.15, 0.2) is 54.6 Å². The number of urea groups is 1. The van der Waals surface area contributed by atoms with Gasteiger partial charge in [-0.2, -0.15) is 0 Å². The lowest BCUT2D eigenvalue weighted by molar-refractivity contribution is -0.133. The number of benzene rings is 2. The summed E-state index contributed by atoms with van der Waals surface area (Å²) in [5, 5.41) is 2.77. The maximum atomic E-state index is 14.0. The van der Waals surface area contributed by atoms with E-state index in [4.69, 9.17) is 4.74 Å². The summed E-state index contributed by atoms with van der Waals surface area (Å²) in [5.41, 5.74) is 0.493. The number of ether oxygens (including phenoxy) is 1. The molecule has 2 aromatic rings. The van der Waals surface area contributed by atoms with Crippen LogP contribution < -0.4 is 10.1 Å². The molecule has 1 aliphatic rings. The molecule has 0 bridgehead atoms. The van der Waals surface area contributed by atoms with Gasteiger partial charge in [-0.05, 0) is 24.5 Å². The zero-order valence-corrected chi connectivity index (χ0v) is 18.2. The lowest BCUT2D eigenvalue weighted by Gasteiger charge is -2.39. The number of carbonyl (C=O) groups excluding carboxylic acids is 2. The van der Waals surface area contributed by atoms with Crippen LogP contribution >= 0.6 is 0 Å². The topological polar surface area (TPSA) is 61.9 Å². The maximum absolute atomic E-state index is 14.0. The Balaban J connectivity index is 2.26. The average molecular weight is 410 g/mol. The first-order valence-electron chi connectivity index (χ1n) is 10.5. The third-order valence-corrected chi connectivity index (χ3v) is 5.93. The molecule has 1 aliphatic heterocycles. The van der Waals surface area contributed by atoms with Crippen molar-refractivity contribution in [2.45, 2.75) is 44.3 Å². The van der Waals surface area contributed by atoms with Crippen molar-refractivity contribution in [3.8, 4) is 5.75 Å². The van der Waals surface area contributed by atoms with E-state index in [1.807, 2.05) is 54.6 Å². The number of rotatable bonds is 7. The Bertz CT molecular complexity index is 886. The first-order valence-corrected chi connectivity index (χ1v) is 10.5. The van der Waals surface area contributed by atoms with Gasteiger partial charge in [-0.3, -0.25) is 9.69 Å². The molecule has 3 rings (SSSR count). The molecule has 160 valence electrons. The van der Waals surface area contributed by atoms with E-state index in [2.05, 4.69) is 12.2 Å². The first-order chi connectivity index (χ1) is 14.5. The summed E-state index contributed by atoms with van der Waals surface area (Å²) in [5.74, 6) is 0.501. The van der Waals surface area contributed by atoms with Gasteiger partial charge in [-0.25, -0.2) is 4.79 Å². The van der Waals surface area contributed by atoms with Crippen molar-refractivity contribution < 1.29 is 14.3 Å². The normalized spacial score (nSPS) is 21.1. The third kappa shape index (κ3) is 3.62. The van der Waals surface area contributed by atoms with Crippen LogP contribution in [0.1, 0.15) is 37.3 Å². The summed E-state index contributed by atoms with van der Waals surface area (Å²) >= 11 is 0. The van der Waals surface area contributed by atoms with Crippen molar-refractivity contribution in [2.75, 3.05) is 21.2 Å². The molecule has 1 heterocycles. The minimum atomic E-state index is -1.19. The van der Waals surface area contributed by atoms with E-state index >= 15 is 0 Å². The van der Waals surface area contributed by atoms with Gasteiger partial charge in [0, 0.05) is 26.1 Å². The molecule has 0 aliphatic carbocycles. The number of methoxy groups -OCH3 is 1. The first kappa shape index (κ1) is 21.7. The Morgan fingerprint density at radius 3 is 2.43 bits per heavy atom. The van der Waals surface area contributed by atoms with E-state index in [-0.39, 0.29) is 18.1 Å². The molecule has 2 unspecified atom stereocenters.